The van der Waals surface area contributed by atoms with Crippen molar-refractivity contribution < 1.29 is 9.53 Å². The standard InChI is InChI=1S/C26H27NO2/c1-3-5-19-7-10-21(11-8-19)22-12-14-23(15-13-22)26(28)29-25-16-9-20(6-4-2)17-24(25)18-27/h3-4,7-11,16-17,22-23H,1-2,5-6,12-15H2. The van der Waals surface area contributed by atoms with E-state index in [1.807, 2.05) is 12.1 Å². The van der Waals surface area contributed by atoms with E-state index in [1.165, 1.54) is 11.1 Å². The van der Waals surface area contributed by atoms with Crippen LogP contribution in [0.25, 0.3) is 0 Å². The van der Waals surface area contributed by atoms with Gasteiger partial charge in [-0.2, -0.15) is 5.26 Å². The van der Waals surface area contributed by atoms with Crippen LogP contribution in [-0.4, -0.2) is 5.97 Å². The predicted molar refractivity (Wildman–Crippen MR) is 116 cm³/mol. The molecule has 1 saturated carbocycles. The highest BCUT2D eigenvalue weighted by Gasteiger charge is 2.29. The van der Waals surface area contributed by atoms with E-state index in [0.29, 0.717) is 23.7 Å². The van der Waals surface area contributed by atoms with Crippen LogP contribution in [0.3, 0.4) is 0 Å². The van der Waals surface area contributed by atoms with Crippen molar-refractivity contribution in [3.63, 3.8) is 0 Å². The van der Waals surface area contributed by atoms with Crippen LogP contribution in [0.5, 0.6) is 5.75 Å². The summed E-state index contributed by atoms with van der Waals surface area (Å²) in [6.45, 7) is 7.49. The summed E-state index contributed by atoms with van der Waals surface area (Å²) in [5.41, 5.74) is 3.99. The Morgan fingerprint density at radius 2 is 1.62 bits per heavy atom. The van der Waals surface area contributed by atoms with E-state index < -0.39 is 0 Å². The lowest BCUT2D eigenvalue weighted by atomic mass is 9.78. The summed E-state index contributed by atoms with van der Waals surface area (Å²) < 4.78 is 5.60. The van der Waals surface area contributed by atoms with Crippen molar-refractivity contribution in [1.29, 1.82) is 5.26 Å². The first-order chi connectivity index (χ1) is 14.1. The molecule has 148 valence electrons. The van der Waals surface area contributed by atoms with Gasteiger partial charge in [-0.25, -0.2) is 0 Å². The zero-order valence-electron chi connectivity index (χ0n) is 16.8. The molecule has 3 nitrogen and oxygen atoms in total. The van der Waals surface area contributed by atoms with Crippen LogP contribution in [0.15, 0.2) is 67.8 Å². The normalized spacial score (nSPS) is 18.4. The summed E-state index contributed by atoms with van der Waals surface area (Å²) in [7, 11) is 0. The van der Waals surface area contributed by atoms with Gasteiger partial charge in [0.2, 0.25) is 0 Å². The van der Waals surface area contributed by atoms with E-state index >= 15 is 0 Å². The lowest BCUT2D eigenvalue weighted by molar-refractivity contribution is -0.140. The molecule has 0 spiro atoms. The molecule has 0 radical (unpaired) electrons. The molecule has 0 aromatic heterocycles. The third kappa shape index (κ3) is 5.23. The molecule has 1 aliphatic carbocycles. The van der Waals surface area contributed by atoms with E-state index in [-0.39, 0.29) is 11.9 Å². The molecule has 0 N–H and O–H groups in total. The van der Waals surface area contributed by atoms with E-state index in [4.69, 9.17) is 4.74 Å². The molecule has 0 aliphatic heterocycles. The fourth-order valence-electron chi connectivity index (χ4n) is 3.99. The summed E-state index contributed by atoms with van der Waals surface area (Å²) in [5, 5.41) is 9.38. The minimum absolute atomic E-state index is 0.106. The largest absolute Gasteiger partial charge is 0.425 e. The van der Waals surface area contributed by atoms with Crippen LogP contribution in [0.1, 0.15) is 53.9 Å². The second kappa shape index (κ2) is 9.89. The highest BCUT2D eigenvalue weighted by molar-refractivity contribution is 5.76. The molecule has 0 saturated heterocycles. The van der Waals surface area contributed by atoms with Crippen molar-refractivity contribution in [2.75, 3.05) is 0 Å². The molecule has 0 atom stereocenters. The molecule has 1 fully saturated rings. The first-order valence-electron chi connectivity index (χ1n) is 10.2. The van der Waals surface area contributed by atoms with Gasteiger partial charge in [-0.15, -0.1) is 13.2 Å². The lowest BCUT2D eigenvalue weighted by Gasteiger charge is -2.27. The van der Waals surface area contributed by atoms with Crippen LogP contribution in [0, 0.1) is 17.2 Å². The number of esters is 1. The molecule has 3 rings (SSSR count). The van der Waals surface area contributed by atoms with E-state index in [2.05, 4.69) is 43.5 Å². The van der Waals surface area contributed by atoms with E-state index in [0.717, 1.165) is 37.7 Å². The molecule has 1 aliphatic rings. The minimum atomic E-state index is -0.224. The molecule has 29 heavy (non-hydrogen) atoms. The average molecular weight is 386 g/mol. The highest BCUT2D eigenvalue weighted by Crippen LogP contribution is 2.36. The number of hydrogen-bond acceptors (Lipinski definition) is 3. The first kappa shape index (κ1) is 20.6. The summed E-state index contributed by atoms with van der Waals surface area (Å²) in [6, 6.07) is 16.2. The Labute approximate surface area is 173 Å². The molecule has 0 bridgehead atoms. The van der Waals surface area contributed by atoms with Gasteiger partial charge in [-0.1, -0.05) is 42.5 Å². The molecular weight excluding hydrogens is 358 g/mol. The van der Waals surface area contributed by atoms with Crippen molar-refractivity contribution in [3.8, 4) is 11.8 Å². The third-order valence-corrected chi connectivity index (χ3v) is 5.65. The number of hydrogen-bond donors (Lipinski definition) is 0. The fourth-order valence-corrected chi connectivity index (χ4v) is 3.99. The zero-order chi connectivity index (χ0) is 20.6. The SMILES string of the molecule is C=CCc1ccc(C2CCC(C(=O)Oc3ccc(CC=C)cc3C#N)CC2)cc1. The molecule has 3 heteroatoms. The van der Waals surface area contributed by atoms with E-state index in [9.17, 15) is 10.1 Å². The summed E-state index contributed by atoms with van der Waals surface area (Å²) in [6.07, 6.45) is 8.85. The average Bonchev–Trinajstić information content (AvgIpc) is 2.76. The van der Waals surface area contributed by atoms with E-state index in [1.54, 1.807) is 18.2 Å². The summed E-state index contributed by atoms with van der Waals surface area (Å²) in [4.78, 5) is 12.6. The lowest BCUT2D eigenvalue weighted by Crippen LogP contribution is -2.25. The number of carbonyl (C=O) groups excluding carboxylic acids is 1. The van der Waals surface area contributed by atoms with Gasteiger partial charge >= 0.3 is 5.97 Å². The third-order valence-electron chi connectivity index (χ3n) is 5.65. The Hall–Kier alpha value is -3.12. The van der Waals surface area contributed by atoms with Crippen molar-refractivity contribution in [3.05, 3.63) is 90.0 Å². The van der Waals surface area contributed by atoms with Gasteiger partial charge in [0.05, 0.1) is 11.5 Å². The number of benzene rings is 2. The Balaban J connectivity index is 1.58. The minimum Gasteiger partial charge on any atom is -0.425 e. The molecule has 2 aromatic carbocycles. The van der Waals surface area contributed by atoms with Gasteiger partial charge in [0, 0.05) is 0 Å². The molecule has 0 amide bonds. The maximum absolute atomic E-state index is 12.6. The van der Waals surface area contributed by atoms with Crippen LogP contribution >= 0.6 is 0 Å². The Kier molecular flexibility index (Phi) is 7.03. The second-order valence-electron chi connectivity index (χ2n) is 7.64. The van der Waals surface area contributed by atoms with Gasteiger partial charge in [-0.05, 0) is 73.3 Å². The number of allylic oxidation sites excluding steroid dienone is 2. The van der Waals surface area contributed by atoms with Crippen molar-refractivity contribution in [1.82, 2.24) is 0 Å². The highest BCUT2D eigenvalue weighted by atomic mass is 16.5. The maximum atomic E-state index is 12.6. The van der Waals surface area contributed by atoms with Crippen LogP contribution < -0.4 is 4.74 Å². The zero-order valence-corrected chi connectivity index (χ0v) is 16.8. The summed E-state index contributed by atoms with van der Waals surface area (Å²) >= 11 is 0. The number of carbonyl (C=O) groups is 1. The van der Waals surface area contributed by atoms with Crippen LogP contribution in [-0.2, 0) is 17.6 Å². The molecule has 0 unspecified atom stereocenters. The Bertz CT molecular complexity index is 913. The molecular formula is C26H27NO2. The summed E-state index contributed by atoms with van der Waals surface area (Å²) in [5.74, 6) is 0.512. The van der Waals surface area contributed by atoms with Gasteiger partial charge in [-0.3, -0.25) is 4.79 Å². The number of rotatable bonds is 7. The molecule has 2 aromatic rings. The number of ether oxygens (including phenoxy) is 1. The van der Waals surface area contributed by atoms with Crippen molar-refractivity contribution >= 4 is 5.97 Å². The molecule has 0 heterocycles. The maximum Gasteiger partial charge on any atom is 0.314 e. The predicted octanol–water partition coefficient (Wildman–Crippen LogP) is 5.89. The van der Waals surface area contributed by atoms with Crippen molar-refractivity contribution in [2.24, 2.45) is 5.92 Å². The van der Waals surface area contributed by atoms with Gasteiger partial charge in [0.1, 0.15) is 11.8 Å². The quantitative estimate of drug-likeness (QED) is 0.339. The van der Waals surface area contributed by atoms with Crippen LogP contribution in [0.4, 0.5) is 0 Å². The van der Waals surface area contributed by atoms with Gasteiger partial charge in [0.15, 0.2) is 0 Å². The Morgan fingerprint density at radius 3 is 2.24 bits per heavy atom. The van der Waals surface area contributed by atoms with Gasteiger partial charge in [0.25, 0.3) is 0 Å². The van der Waals surface area contributed by atoms with Crippen molar-refractivity contribution in [2.45, 2.75) is 44.4 Å². The smallest absolute Gasteiger partial charge is 0.314 e. The fraction of sp³-hybridized carbons (Fsp3) is 0.308. The topological polar surface area (TPSA) is 50.1 Å². The van der Waals surface area contributed by atoms with Gasteiger partial charge < -0.3 is 4.74 Å². The van der Waals surface area contributed by atoms with Crippen LogP contribution in [0.2, 0.25) is 0 Å². The number of nitrogens with zero attached hydrogens (tertiary/aromatic N) is 1. The first-order valence-corrected chi connectivity index (χ1v) is 10.2. The monoisotopic (exact) mass is 385 g/mol. The number of nitriles is 1. The Morgan fingerprint density at radius 1 is 1.00 bits per heavy atom. The second-order valence-corrected chi connectivity index (χ2v) is 7.64.